The van der Waals surface area contributed by atoms with Gasteiger partial charge >= 0.3 is 5.97 Å². The Labute approximate surface area is 154 Å². The summed E-state index contributed by atoms with van der Waals surface area (Å²) in [5.41, 5.74) is 2.65. The maximum atomic E-state index is 12.4. The highest BCUT2D eigenvalue weighted by Crippen LogP contribution is 2.09. The number of hydrogen-bond acceptors (Lipinski definition) is 5. The van der Waals surface area contributed by atoms with Crippen LogP contribution < -0.4 is 16.1 Å². The highest BCUT2D eigenvalue weighted by atomic mass is 16.4. The molecule has 0 aliphatic carbocycles. The zero-order valence-electron chi connectivity index (χ0n) is 15.9. The van der Waals surface area contributed by atoms with Crippen LogP contribution in [0.3, 0.4) is 0 Å². The van der Waals surface area contributed by atoms with Crippen molar-refractivity contribution < 1.29 is 24.3 Å². The highest BCUT2D eigenvalue weighted by molar-refractivity contribution is 5.91. The molecule has 0 aromatic heterocycles. The molecule has 0 aromatic rings. The lowest BCUT2D eigenvalue weighted by atomic mass is 10.0. The molecular formula is C17H30N4O5. The third kappa shape index (κ3) is 7.22. The van der Waals surface area contributed by atoms with Crippen LogP contribution in [0.1, 0.15) is 40.5 Å². The molecule has 0 bridgehead atoms. The second kappa shape index (κ2) is 11.2. The lowest BCUT2D eigenvalue weighted by Crippen LogP contribution is -2.60. The quantitative estimate of drug-likeness (QED) is 0.489. The summed E-state index contributed by atoms with van der Waals surface area (Å²) in [6.07, 6.45) is 1.01. The molecule has 3 unspecified atom stereocenters. The highest BCUT2D eigenvalue weighted by Gasteiger charge is 2.32. The number of hydrogen-bond donors (Lipinski definition) is 4. The third-order valence-corrected chi connectivity index (χ3v) is 3.79. The number of carbonyl (C=O) groups is 4. The van der Waals surface area contributed by atoms with Gasteiger partial charge in [0.1, 0.15) is 18.1 Å². The number of aliphatic carboxylic acids is 1. The van der Waals surface area contributed by atoms with Gasteiger partial charge in [0.25, 0.3) is 5.91 Å². The predicted molar refractivity (Wildman–Crippen MR) is 96.8 cm³/mol. The van der Waals surface area contributed by atoms with Crippen molar-refractivity contribution >= 4 is 23.7 Å². The Morgan fingerprint density at radius 2 is 1.73 bits per heavy atom. The minimum atomic E-state index is -1.02. The van der Waals surface area contributed by atoms with Crippen LogP contribution in [0, 0.1) is 5.92 Å². The van der Waals surface area contributed by atoms with E-state index in [0.717, 1.165) is 0 Å². The Bertz CT molecular complexity index is 523. The molecule has 0 radical (unpaired) electrons. The van der Waals surface area contributed by atoms with E-state index in [9.17, 15) is 19.2 Å². The van der Waals surface area contributed by atoms with Crippen LogP contribution in [0.4, 0.5) is 0 Å². The topological polar surface area (TPSA) is 128 Å². The monoisotopic (exact) mass is 370 g/mol. The number of hydrazine groups is 1. The number of rotatable bonds is 6. The summed E-state index contributed by atoms with van der Waals surface area (Å²) in [6.45, 7) is 12.8. The van der Waals surface area contributed by atoms with Gasteiger partial charge in [-0.3, -0.25) is 24.2 Å². The molecule has 0 saturated carbocycles. The predicted octanol–water partition coefficient (Wildman–Crippen LogP) is 0.0342. The van der Waals surface area contributed by atoms with E-state index in [1.54, 1.807) is 13.8 Å². The first-order valence-electron chi connectivity index (χ1n) is 8.51. The summed E-state index contributed by atoms with van der Waals surface area (Å²) >= 11 is 0. The maximum absolute atomic E-state index is 12.4. The van der Waals surface area contributed by atoms with Gasteiger partial charge in [0, 0.05) is 13.5 Å². The Morgan fingerprint density at radius 1 is 1.15 bits per heavy atom. The first kappa shape index (κ1) is 23.6. The van der Waals surface area contributed by atoms with Crippen molar-refractivity contribution in [2.24, 2.45) is 5.92 Å². The maximum Gasteiger partial charge on any atom is 0.322 e. The summed E-state index contributed by atoms with van der Waals surface area (Å²) in [7, 11) is 0. The largest absolute Gasteiger partial charge is 0.480 e. The summed E-state index contributed by atoms with van der Waals surface area (Å²) in [4.78, 5) is 46.9. The molecule has 1 rings (SSSR count). The molecule has 26 heavy (non-hydrogen) atoms. The molecule has 9 heteroatoms. The van der Waals surface area contributed by atoms with E-state index in [2.05, 4.69) is 29.2 Å². The van der Waals surface area contributed by atoms with E-state index in [-0.39, 0.29) is 11.8 Å². The molecule has 3 amide bonds. The molecular weight excluding hydrogens is 340 g/mol. The van der Waals surface area contributed by atoms with Gasteiger partial charge in [-0.2, -0.15) is 0 Å². The fraction of sp³-hybridized carbons (Fsp3) is 0.647. The van der Waals surface area contributed by atoms with E-state index < -0.39 is 35.9 Å². The van der Waals surface area contributed by atoms with Crippen LogP contribution in [0.2, 0.25) is 0 Å². The van der Waals surface area contributed by atoms with E-state index >= 15 is 0 Å². The number of carboxylic acids is 1. The van der Waals surface area contributed by atoms with Gasteiger partial charge in [-0.1, -0.05) is 13.8 Å². The average Bonchev–Trinajstić information content (AvgIpc) is 2.60. The fourth-order valence-electron chi connectivity index (χ4n) is 2.48. The van der Waals surface area contributed by atoms with E-state index in [1.807, 2.05) is 0 Å². The van der Waals surface area contributed by atoms with Crippen LogP contribution in [-0.4, -0.2) is 58.5 Å². The van der Waals surface area contributed by atoms with Gasteiger partial charge in [-0.15, -0.1) is 13.2 Å². The number of carboxylic acid groups (broad SMARTS) is 1. The van der Waals surface area contributed by atoms with E-state index in [4.69, 9.17) is 5.11 Å². The van der Waals surface area contributed by atoms with Crippen LogP contribution in [0.15, 0.2) is 13.2 Å². The molecule has 3 atom stereocenters. The average molecular weight is 370 g/mol. The Balaban J connectivity index is 0.00000301. The van der Waals surface area contributed by atoms with Crippen molar-refractivity contribution in [2.75, 3.05) is 6.54 Å². The van der Waals surface area contributed by atoms with Gasteiger partial charge in [0.2, 0.25) is 11.8 Å². The second-order valence-electron chi connectivity index (χ2n) is 6.30. The molecule has 9 nitrogen and oxygen atoms in total. The van der Waals surface area contributed by atoms with Crippen LogP contribution in [0.5, 0.6) is 0 Å². The van der Waals surface area contributed by atoms with Gasteiger partial charge < -0.3 is 15.7 Å². The zero-order valence-corrected chi connectivity index (χ0v) is 15.9. The van der Waals surface area contributed by atoms with Crippen molar-refractivity contribution in [3.63, 3.8) is 0 Å². The Kier molecular flexibility index (Phi) is 10.2. The van der Waals surface area contributed by atoms with Crippen LogP contribution >= 0.6 is 0 Å². The van der Waals surface area contributed by atoms with Crippen LogP contribution in [0.25, 0.3) is 0 Å². The molecule has 0 spiro atoms. The smallest absolute Gasteiger partial charge is 0.322 e. The second-order valence-corrected chi connectivity index (χ2v) is 6.30. The normalized spacial score (nSPS) is 18.8. The van der Waals surface area contributed by atoms with Gasteiger partial charge in [-0.25, -0.2) is 5.43 Å². The summed E-state index contributed by atoms with van der Waals surface area (Å²) < 4.78 is 0. The van der Waals surface area contributed by atoms with Gasteiger partial charge in [-0.05, 0) is 25.7 Å². The molecule has 1 heterocycles. The minimum absolute atomic E-state index is 0.138. The molecule has 4 N–H and O–H groups in total. The lowest BCUT2D eigenvalue weighted by Gasteiger charge is -2.34. The summed E-state index contributed by atoms with van der Waals surface area (Å²) in [5.74, 6) is -2.35. The summed E-state index contributed by atoms with van der Waals surface area (Å²) in [6, 6.07) is -2.39. The van der Waals surface area contributed by atoms with E-state index in [0.29, 0.717) is 19.4 Å². The lowest BCUT2D eigenvalue weighted by molar-refractivity contribution is -0.148. The molecule has 1 aliphatic heterocycles. The molecule has 1 fully saturated rings. The number of nitrogens with one attached hydrogen (secondary N) is 3. The van der Waals surface area contributed by atoms with E-state index in [1.165, 1.54) is 18.9 Å². The molecule has 0 aromatic carbocycles. The fourth-order valence-corrected chi connectivity index (χ4v) is 2.48. The van der Waals surface area contributed by atoms with Crippen molar-refractivity contribution in [1.82, 2.24) is 21.1 Å². The summed E-state index contributed by atoms with van der Waals surface area (Å²) in [5, 5.41) is 15.4. The number of nitrogens with zero attached hydrogens (tertiary/aromatic N) is 1. The SMILES string of the molecule is C=C.CC(=O)NC(C(=O)NC(C)C(=O)N1CCCC(C(=O)O)N1)C(C)C. The molecule has 148 valence electrons. The Hall–Kier alpha value is -2.42. The first-order chi connectivity index (χ1) is 12.1. The zero-order chi connectivity index (χ0) is 20.4. The third-order valence-electron chi connectivity index (χ3n) is 3.79. The number of amides is 3. The Morgan fingerprint density at radius 3 is 2.19 bits per heavy atom. The van der Waals surface area contributed by atoms with Gasteiger partial charge in [0.05, 0.1) is 0 Å². The minimum Gasteiger partial charge on any atom is -0.480 e. The van der Waals surface area contributed by atoms with Crippen molar-refractivity contribution in [3.8, 4) is 0 Å². The van der Waals surface area contributed by atoms with Crippen LogP contribution in [-0.2, 0) is 19.2 Å². The van der Waals surface area contributed by atoms with Crippen molar-refractivity contribution in [1.29, 1.82) is 0 Å². The molecule has 1 saturated heterocycles. The van der Waals surface area contributed by atoms with Gasteiger partial charge in [0.15, 0.2) is 0 Å². The van der Waals surface area contributed by atoms with Crippen molar-refractivity contribution in [2.45, 2.75) is 58.7 Å². The number of carbonyl (C=O) groups excluding carboxylic acids is 3. The molecule has 1 aliphatic rings. The standard InChI is InChI=1S/C15H26N4O5.C2H4/c1-8(2)12(17-10(4)20)13(21)16-9(3)14(22)19-7-5-6-11(18-19)15(23)24;1-2/h8-9,11-12,18H,5-7H2,1-4H3,(H,16,21)(H,17,20)(H,23,24);1-2H2. The van der Waals surface area contributed by atoms with Crippen molar-refractivity contribution in [3.05, 3.63) is 13.2 Å². The first-order valence-corrected chi connectivity index (χ1v) is 8.51.